The average Bonchev–Trinajstić information content (AvgIpc) is 2.89. The molecule has 0 aliphatic rings. The zero-order valence-corrected chi connectivity index (χ0v) is 9.92. The lowest BCUT2D eigenvalue weighted by Gasteiger charge is -2.05. The van der Waals surface area contributed by atoms with E-state index in [4.69, 9.17) is 4.42 Å². The lowest BCUT2D eigenvalue weighted by atomic mass is 10.2. The molecule has 0 amide bonds. The molecule has 6 heteroatoms. The van der Waals surface area contributed by atoms with Crippen LogP contribution in [0, 0.1) is 10.1 Å². The van der Waals surface area contributed by atoms with E-state index < -0.39 is 4.92 Å². The van der Waals surface area contributed by atoms with Crippen LogP contribution in [0.3, 0.4) is 0 Å². The third-order valence-electron chi connectivity index (χ3n) is 2.39. The van der Waals surface area contributed by atoms with E-state index in [0.29, 0.717) is 11.5 Å². The van der Waals surface area contributed by atoms with E-state index in [9.17, 15) is 10.1 Å². The van der Waals surface area contributed by atoms with Gasteiger partial charge in [-0.15, -0.1) is 0 Å². The molecule has 2 aromatic rings. The first-order chi connectivity index (χ1) is 8.70. The predicted molar refractivity (Wildman–Crippen MR) is 67.4 cm³/mol. The fourth-order valence-electron chi connectivity index (χ4n) is 1.52. The Kier molecular flexibility index (Phi) is 3.57. The smallest absolute Gasteiger partial charge is 0.275 e. The minimum Gasteiger partial charge on any atom is -0.472 e. The molecule has 0 spiro atoms. The van der Waals surface area contributed by atoms with Crippen molar-refractivity contribution in [3.63, 3.8) is 0 Å². The molecular weight excluding hydrogens is 234 g/mol. The molecule has 0 radical (unpaired) electrons. The molecule has 0 bridgehead atoms. The van der Waals surface area contributed by atoms with Crippen molar-refractivity contribution in [2.75, 3.05) is 11.9 Å². The molecule has 1 N–H and O–H groups in total. The monoisotopic (exact) mass is 247 g/mol. The molecule has 18 heavy (non-hydrogen) atoms. The van der Waals surface area contributed by atoms with Crippen LogP contribution in [0.25, 0.3) is 11.3 Å². The van der Waals surface area contributed by atoms with Crippen LogP contribution in [0.15, 0.2) is 35.1 Å². The highest BCUT2D eigenvalue weighted by Gasteiger charge is 2.12. The standard InChI is InChI=1S/C12H13N3O3/c1-2-4-13-12-7-10(15(16)17)6-11(14-12)9-3-5-18-8-9/h3,5-8H,2,4H2,1H3,(H,13,14). The number of nitro groups is 1. The van der Waals surface area contributed by atoms with Crippen molar-refractivity contribution in [3.05, 3.63) is 40.8 Å². The highest BCUT2D eigenvalue weighted by molar-refractivity contribution is 5.64. The summed E-state index contributed by atoms with van der Waals surface area (Å²) in [6, 6.07) is 4.58. The van der Waals surface area contributed by atoms with Gasteiger partial charge in [-0.25, -0.2) is 4.98 Å². The fraction of sp³-hybridized carbons (Fsp3) is 0.250. The second-order valence-corrected chi connectivity index (χ2v) is 3.79. The van der Waals surface area contributed by atoms with E-state index in [1.54, 1.807) is 6.07 Å². The molecular formula is C12H13N3O3. The van der Waals surface area contributed by atoms with Crippen LogP contribution < -0.4 is 5.32 Å². The average molecular weight is 247 g/mol. The normalized spacial score (nSPS) is 10.3. The summed E-state index contributed by atoms with van der Waals surface area (Å²) >= 11 is 0. The number of pyridine rings is 1. The van der Waals surface area contributed by atoms with Gasteiger partial charge < -0.3 is 9.73 Å². The summed E-state index contributed by atoms with van der Waals surface area (Å²) in [5.41, 5.74) is 1.26. The minimum atomic E-state index is -0.428. The second kappa shape index (κ2) is 5.31. The number of rotatable bonds is 5. The summed E-state index contributed by atoms with van der Waals surface area (Å²) in [7, 11) is 0. The van der Waals surface area contributed by atoms with E-state index in [1.807, 2.05) is 6.92 Å². The largest absolute Gasteiger partial charge is 0.472 e. The molecule has 2 aromatic heterocycles. The molecule has 0 saturated heterocycles. The lowest BCUT2D eigenvalue weighted by Crippen LogP contribution is -2.03. The van der Waals surface area contributed by atoms with E-state index >= 15 is 0 Å². The van der Waals surface area contributed by atoms with Crippen molar-refractivity contribution >= 4 is 11.5 Å². The van der Waals surface area contributed by atoms with Gasteiger partial charge in [-0.2, -0.15) is 0 Å². The summed E-state index contributed by atoms with van der Waals surface area (Å²) in [6.07, 6.45) is 3.94. The number of anilines is 1. The number of nitrogens with zero attached hydrogens (tertiary/aromatic N) is 2. The van der Waals surface area contributed by atoms with Gasteiger partial charge in [0.05, 0.1) is 29.2 Å². The zero-order valence-electron chi connectivity index (χ0n) is 9.92. The van der Waals surface area contributed by atoms with Crippen molar-refractivity contribution in [1.82, 2.24) is 4.98 Å². The molecule has 0 unspecified atom stereocenters. The Bertz CT molecular complexity index is 538. The predicted octanol–water partition coefficient (Wildman–Crippen LogP) is 3.07. The van der Waals surface area contributed by atoms with Crippen LogP contribution in [0.4, 0.5) is 11.5 Å². The molecule has 0 aliphatic heterocycles. The molecule has 6 nitrogen and oxygen atoms in total. The van der Waals surface area contributed by atoms with Crippen LogP contribution >= 0.6 is 0 Å². The fourth-order valence-corrected chi connectivity index (χ4v) is 1.52. The van der Waals surface area contributed by atoms with Gasteiger partial charge in [0, 0.05) is 18.2 Å². The Morgan fingerprint density at radius 1 is 1.50 bits per heavy atom. The van der Waals surface area contributed by atoms with Crippen LogP contribution in [0.2, 0.25) is 0 Å². The van der Waals surface area contributed by atoms with Crippen molar-refractivity contribution in [2.45, 2.75) is 13.3 Å². The molecule has 2 rings (SSSR count). The maximum Gasteiger partial charge on any atom is 0.275 e. The van der Waals surface area contributed by atoms with E-state index in [1.165, 1.54) is 24.7 Å². The minimum absolute atomic E-state index is 0.0137. The maximum absolute atomic E-state index is 10.9. The van der Waals surface area contributed by atoms with Gasteiger partial charge >= 0.3 is 0 Å². The SMILES string of the molecule is CCCNc1cc([N+](=O)[O-])cc(-c2ccoc2)n1. The molecule has 2 heterocycles. The number of furan rings is 1. The quantitative estimate of drug-likeness (QED) is 0.648. The third-order valence-corrected chi connectivity index (χ3v) is 2.39. The molecule has 0 aliphatic carbocycles. The Morgan fingerprint density at radius 3 is 2.94 bits per heavy atom. The van der Waals surface area contributed by atoms with Gasteiger partial charge in [-0.1, -0.05) is 6.92 Å². The van der Waals surface area contributed by atoms with Gasteiger partial charge in [0.15, 0.2) is 0 Å². The van der Waals surface area contributed by atoms with E-state index in [2.05, 4.69) is 10.3 Å². The van der Waals surface area contributed by atoms with Crippen molar-refractivity contribution in [2.24, 2.45) is 0 Å². The van der Waals surface area contributed by atoms with Crippen LogP contribution in [0.5, 0.6) is 0 Å². The van der Waals surface area contributed by atoms with E-state index in [-0.39, 0.29) is 5.69 Å². The van der Waals surface area contributed by atoms with Gasteiger partial charge in [-0.05, 0) is 12.5 Å². The number of hydrogen-bond donors (Lipinski definition) is 1. The van der Waals surface area contributed by atoms with Gasteiger partial charge in [-0.3, -0.25) is 10.1 Å². The zero-order chi connectivity index (χ0) is 13.0. The van der Waals surface area contributed by atoms with Crippen molar-refractivity contribution in [3.8, 4) is 11.3 Å². The molecule has 94 valence electrons. The molecule has 0 saturated carbocycles. The Morgan fingerprint density at radius 2 is 2.33 bits per heavy atom. The van der Waals surface area contributed by atoms with Crippen molar-refractivity contribution < 1.29 is 9.34 Å². The molecule has 0 fully saturated rings. The summed E-state index contributed by atoms with van der Waals surface area (Å²) in [4.78, 5) is 14.8. The number of hydrogen-bond acceptors (Lipinski definition) is 5. The number of nitrogens with one attached hydrogen (secondary N) is 1. The first kappa shape index (κ1) is 12.1. The number of aromatic nitrogens is 1. The second-order valence-electron chi connectivity index (χ2n) is 3.79. The summed E-state index contributed by atoms with van der Waals surface area (Å²) in [6.45, 7) is 2.74. The Hall–Kier alpha value is -2.37. The van der Waals surface area contributed by atoms with Gasteiger partial charge in [0.25, 0.3) is 5.69 Å². The Labute approximate surface area is 104 Å². The maximum atomic E-state index is 10.9. The first-order valence-electron chi connectivity index (χ1n) is 5.63. The van der Waals surface area contributed by atoms with Crippen molar-refractivity contribution in [1.29, 1.82) is 0 Å². The summed E-state index contributed by atoms with van der Waals surface area (Å²) in [5, 5.41) is 13.9. The summed E-state index contributed by atoms with van der Waals surface area (Å²) < 4.78 is 4.96. The van der Waals surface area contributed by atoms with Crippen LogP contribution in [-0.4, -0.2) is 16.5 Å². The molecule has 0 aromatic carbocycles. The van der Waals surface area contributed by atoms with E-state index in [0.717, 1.165) is 18.5 Å². The summed E-state index contributed by atoms with van der Waals surface area (Å²) in [5.74, 6) is 0.502. The molecule has 0 atom stereocenters. The highest BCUT2D eigenvalue weighted by Crippen LogP contribution is 2.25. The topological polar surface area (TPSA) is 81.2 Å². The third kappa shape index (κ3) is 2.65. The first-order valence-corrected chi connectivity index (χ1v) is 5.63. The van der Waals surface area contributed by atoms with Crippen LogP contribution in [-0.2, 0) is 0 Å². The van der Waals surface area contributed by atoms with Gasteiger partial charge in [0.2, 0.25) is 0 Å². The van der Waals surface area contributed by atoms with Gasteiger partial charge in [0.1, 0.15) is 5.82 Å². The lowest BCUT2D eigenvalue weighted by molar-refractivity contribution is -0.384. The van der Waals surface area contributed by atoms with Crippen LogP contribution in [0.1, 0.15) is 13.3 Å². The highest BCUT2D eigenvalue weighted by atomic mass is 16.6. The Balaban J connectivity index is 2.40.